The van der Waals surface area contributed by atoms with Crippen molar-refractivity contribution in [1.82, 2.24) is 0 Å². The second kappa shape index (κ2) is 5.80. The summed E-state index contributed by atoms with van der Waals surface area (Å²) in [4.78, 5) is 21.6. The minimum absolute atomic E-state index is 0.0565. The van der Waals surface area contributed by atoms with Crippen molar-refractivity contribution in [2.45, 2.75) is 13.3 Å². The summed E-state index contributed by atoms with van der Waals surface area (Å²) in [5.74, 6) is -0.324. The van der Waals surface area contributed by atoms with Crippen LogP contribution >= 0.6 is 0 Å². The smallest absolute Gasteiger partial charge is 0.314 e. The van der Waals surface area contributed by atoms with E-state index in [0.717, 1.165) is 0 Å². The summed E-state index contributed by atoms with van der Waals surface area (Å²) in [5.41, 5.74) is 0. The van der Waals surface area contributed by atoms with Gasteiger partial charge in [0.25, 0.3) is 0 Å². The third kappa shape index (κ3) is 4.81. The van der Waals surface area contributed by atoms with E-state index in [4.69, 9.17) is 4.74 Å². The van der Waals surface area contributed by atoms with Gasteiger partial charge in [0, 0.05) is 6.92 Å². The predicted octanol–water partition coefficient (Wildman–Crippen LogP) is 1.55. The first-order valence-electron chi connectivity index (χ1n) is 4.57. The molecule has 1 rings (SSSR count). The zero-order chi connectivity index (χ0) is 11.1. The van der Waals surface area contributed by atoms with Crippen LogP contribution in [0.25, 0.3) is 0 Å². The molecule has 0 fully saturated rings. The fourth-order valence-corrected chi connectivity index (χ4v) is 0.949. The highest BCUT2D eigenvalue weighted by Crippen LogP contribution is 2.08. The maximum absolute atomic E-state index is 11.2. The quantitative estimate of drug-likeness (QED) is 0.556. The standard InChI is InChI=1S/C11H12O4/c1-9(12)14-8-7-11(13)15-10-5-3-2-4-6-10/h2-6H,7-8H2,1H3. The first-order valence-corrected chi connectivity index (χ1v) is 4.57. The van der Waals surface area contributed by atoms with Gasteiger partial charge >= 0.3 is 11.9 Å². The lowest BCUT2D eigenvalue weighted by atomic mass is 10.3. The van der Waals surface area contributed by atoms with Crippen molar-refractivity contribution in [1.29, 1.82) is 0 Å². The van der Waals surface area contributed by atoms with Gasteiger partial charge in [-0.3, -0.25) is 9.59 Å². The largest absolute Gasteiger partial charge is 0.465 e. The normalized spacial score (nSPS) is 9.40. The lowest BCUT2D eigenvalue weighted by Gasteiger charge is -2.03. The number of esters is 2. The van der Waals surface area contributed by atoms with E-state index in [2.05, 4.69) is 4.74 Å². The van der Waals surface area contributed by atoms with Gasteiger partial charge in [-0.25, -0.2) is 0 Å². The Morgan fingerprint density at radius 3 is 2.47 bits per heavy atom. The molecule has 4 nitrogen and oxygen atoms in total. The zero-order valence-corrected chi connectivity index (χ0v) is 8.43. The molecule has 0 amide bonds. The average Bonchev–Trinajstić information content (AvgIpc) is 2.18. The molecule has 0 aliphatic carbocycles. The van der Waals surface area contributed by atoms with Crippen LogP contribution in [0.15, 0.2) is 30.3 Å². The molecule has 0 aliphatic heterocycles. The maximum Gasteiger partial charge on any atom is 0.314 e. The van der Waals surface area contributed by atoms with Crippen LogP contribution < -0.4 is 4.74 Å². The van der Waals surface area contributed by atoms with E-state index >= 15 is 0 Å². The molecule has 0 unspecified atom stereocenters. The third-order valence-electron chi connectivity index (χ3n) is 1.59. The van der Waals surface area contributed by atoms with Crippen molar-refractivity contribution in [2.75, 3.05) is 6.61 Å². The van der Waals surface area contributed by atoms with Crippen LogP contribution in [0.2, 0.25) is 0 Å². The molecule has 0 saturated heterocycles. The van der Waals surface area contributed by atoms with Gasteiger partial charge in [0.2, 0.25) is 0 Å². The number of carbonyl (C=O) groups is 2. The molecule has 1 aromatic carbocycles. The summed E-state index contributed by atoms with van der Waals surface area (Å²) < 4.78 is 9.58. The summed E-state index contributed by atoms with van der Waals surface area (Å²) in [6.07, 6.45) is 0.0640. The van der Waals surface area contributed by atoms with Crippen LogP contribution in [0.3, 0.4) is 0 Å². The number of hydrogen-bond acceptors (Lipinski definition) is 4. The van der Waals surface area contributed by atoms with Gasteiger partial charge in [0.1, 0.15) is 12.4 Å². The number of carbonyl (C=O) groups excluding carboxylic acids is 2. The van der Waals surface area contributed by atoms with Crippen LogP contribution in [0.1, 0.15) is 13.3 Å². The van der Waals surface area contributed by atoms with Crippen molar-refractivity contribution in [3.8, 4) is 5.75 Å². The van der Waals surface area contributed by atoms with Crippen LogP contribution in [0.4, 0.5) is 0 Å². The molecule has 0 radical (unpaired) electrons. The molecule has 0 aromatic heterocycles. The van der Waals surface area contributed by atoms with Gasteiger partial charge in [-0.15, -0.1) is 0 Å². The molecule has 0 heterocycles. The molecular weight excluding hydrogens is 196 g/mol. The molecular formula is C11H12O4. The molecule has 80 valence electrons. The minimum atomic E-state index is -0.414. The number of ether oxygens (including phenoxy) is 2. The van der Waals surface area contributed by atoms with E-state index in [1.165, 1.54) is 6.92 Å². The lowest BCUT2D eigenvalue weighted by Crippen LogP contribution is -2.12. The van der Waals surface area contributed by atoms with Crippen molar-refractivity contribution >= 4 is 11.9 Å². The van der Waals surface area contributed by atoms with Crippen molar-refractivity contribution in [3.63, 3.8) is 0 Å². The highest BCUT2D eigenvalue weighted by molar-refractivity contribution is 5.73. The second-order valence-corrected chi connectivity index (χ2v) is 2.88. The van der Waals surface area contributed by atoms with Crippen molar-refractivity contribution < 1.29 is 19.1 Å². The minimum Gasteiger partial charge on any atom is -0.465 e. The zero-order valence-electron chi connectivity index (χ0n) is 8.43. The Bertz CT molecular complexity index is 332. The van der Waals surface area contributed by atoms with Gasteiger partial charge in [0.05, 0.1) is 6.42 Å². The fourth-order valence-electron chi connectivity index (χ4n) is 0.949. The molecule has 15 heavy (non-hydrogen) atoms. The third-order valence-corrected chi connectivity index (χ3v) is 1.59. The number of benzene rings is 1. The second-order valence-electron chi connectivity index (χ2n) is 2.88. The maximum atomic E-state index is 11.2. The molecule has 4 heteroatoms. The van der Waals surface area contributed by atoms with Crippen molar-refractivity contribution in [2.24, 2.45) is 0 Å². The molecule has 0 bridgehead atoms. The SMILES string of the molecule is CC(=O)OCCC(=O)Oc1ccccc1. The van der Waals surface area contributed by atoms with E-state index in [1.807, 2.05) is 6.07 Å². The summed E-state index contributed by atoms with van der Waals surface area (Å²) in [7, 11) is 0. The summed E-state index contributed by atoms with van der Waals surface area (Å²) >= 11 is 0. The molecule has 0 N–H and O–H groups in total. The van der Waals surface area contributed by atoms with E-state index in [1.54, 1.807) is 24.3 Å². The average molecular weight is 208 g/mol. The molecule has 0 atom stereocenters. The number of hydrogen-bond donors (Lipinski definition) is 0. The van der Waals surface area contributed by atoms with Crippen LogP contribution in [-0.2, 0) is 14.3 Å². The summed E-state index contributed by atoms with van der Waals surface area (Å²) in [5, 5.41) is 0. The van der Waals surface area contributed by atoms with Gasteiger partial charge in [-0.05, 0) is 12.1 Å². The Balaban J connectivity index is 2.28. The Labute approximate surface area is 87.8 Å². The van der Waals surface area contributed by atoms with Gasteiger partial charge in [-0.1, -0.05) is 18.2 Å². The highest BCUT2D eigenvalue weighted by atomic mass is 16.5. The van der Waals surface area contributed by atoms with E-state index in [9.17, 15) is 9.59 Å². The van der Waals surface area contributed by atoms with E-state index in [-0.39, 0.29) is 13.0 Å². The predicted molar refractivity (Wildman–Crippen MR) is 53.3 cm³/mol. The summed E-state index contributed by atoms with van der Waals surface area (Å²) in [6, 6.07) is 8.74. The Kier molecular flexibility index (Phi) is 4.34. The van der Waals surface area contributed by atoms with Gasteiger partial charge in [-0.2, -0.15) is 0 Å². The lowest BCUT2D eigenvalue weighted by molar-refractivity contribution is -0.143. The molecule has 0 saturated carbocycles. The Morgan fingerprint density at radius 2 is 1.87 bits per heavy atom. The fraction of sp³-hybridized carbons (Fsp3) is 0.273. The molecule has 1 aromatic rings. The van der Waals surface area contributed by atoms with Gasteiger partial charge < -0.3 is 9.47 Å². The van der Waals surface area contributed by atoms with Crippen LogP contribution in [0.5, 0.6) is 5.75 Å². The topological polar surface area (TPSA) is 52.6 Å². The van der Waals surface area contributed by atoms with E-state index < -0.39 is 11.9 Å². The Morgan fingerprint density at radius 1 is 1.20 bits per heavy atom. The number of para-hydroxylation sites is 1. The van der Waals surface area contributed by atoms with Crippen LogP contribution in [-0.4, -0.2) is 18.5 Å². The number of rotatable bonds is 4. The Hall–Kier alpha value is -1.84. The molecule has 0 aliphatic rings. The monoisotopic (exact) mass is 208 g/mol. The van der Waals surface area contributed by atoms with E-state index in [0.29, 0.717) is 5.75 Å². The highest BCUT2D eigenvalue weighted by Gasteiger charge is 2.05. The first kappa shape index (κ1) is 11.2. The van der Waals surface area contributed by atoms with Crippen LogP contribution in [0, 0.1) is 0 Å². The first-order chi connectivity index (χ1) is 7.18. The van der Waals surface area contributed by atoms with Gasteiger partial charge in [0.15, 0.2) is 0 Å². The van der Waals surface area contributed by atoms with Crippen molar-refractivity contribution in [3.05, 3.63) is 30.3 Å². The molecule has 0 spiro atoms. The summed E-state index contributed by atoms with van der Waals surface area (Å²) in [6.45, 7) is 1.35.